The summed E-state index contributed by atoms with van der Waals surface area (Å²) in [6.45, 7) is 0.994. The van der Waals surface area contributed by atoms with Gasteiger partial charge in [0.25, 0.3) is 5.91 Å². The molecule has 12 heteroatoms. The van der Waals surface area contributed by atoms with Crippen molar-refractivity contribution < 1.29 is 18.0 Å². The number of carbonyl (C=O) groups excluding carboxylic acids is 1. The maximum atomic E-state index is 14.0. The van der Waals surface area contributed by atoms with E-state index in [2.05, 4.69) is 16.3 Å². The lowest BCUT2D eigenvalue weighted by molar-refractivity contribution is -0.140. The van der Waals surface area contributed by atoms with E-state index in [9.17, 15) is 18.0 Å². The molecule has 4 aromatic rings. The largest absolute Gasteiger partial charge is 0.435 e. The monoisotopic (exact) mass is 538 g/mol. The Labute approximate surface area is 222 Å². The summed E-state index contributed by atoms with van der Waals surface area (Å²) in [7, 11) is 5.07. The van der Waals surface area contributed by atoms with E-state index in [4.69, 9.17) is 5.41 Å². The number of rotatable bonds is 6. The van der Waals surface area contributed by atoms with Crippen LogP contribution < -0.4 is 5.62 Å². The molecule has 4 heterocycles. The molecule has 0 spiro atoms. The maximum Gasteiger partial charge on any atom is 0.435 e. The van der Waals surface area contributed by atoms with Gasteiger partial charge in [-0.1, -0.05) is 0 Å². The molecule has 1 aliphatic heterocycles. The van der Waals surface area contributed by atoms with Crippen molar-refractivity contribution >= 4 is 5.91 Å². The summed E-state index contributed by atoms with van der Waals surface area (Å²) in [6, 6.07) is 5.52. The summed E-state index contributed by atoms with van der Waals surface area (Å²) in [4.78, 5) is 15.6. The third-order valence-electron chi connectivity index (χ3n) is 7.62. The number of aryl methyl sites for hydroxylation is 3. The molecule has 1 amide bonds. The van der Waals surface area contributed by atoms with Crippen LogP contribution in [0.15, 0.2) is 36.8 Å². The molecule has 1 saturated carbocycles. The SMILES string of the molecule is Cn1cc(-c2cc(Cn3ccn(C)c3=N)cc3c2CCN(Cc2cc(C4CC4)nn2C)C3=O)c(C(F)(F)F)n1. The number of aromatic nitrogens is 6. The Bertz CT molecular complexity index is 1650. The van der Waals surface area contributed by atoms with Gasteiger partial charge in [0.05, 0.1) is 24.5 Å². The van der Waals surface area contributed by atoms with Crippen molar-refractivity contribution in [3.8, 4) is 11.1 Å². The topological polar surface area (TPSA) is 89.7 Å². The summed E-state index contributed by atoms with van der Waals surface area (Å²) in [5, 5.41) is 16.6. The summed E-state index contributed by atoms with van der Waals surface area (Å²) < 4.78 is 48.2. The number of imidazole rings is 1. The fourth-order valence-corrected chi connectivity index (χ4v) is 5.39. The Morgan fingerprint density at radius 2 is 1.74 bits per heavy atom. The molecule has 39 heavy (non-hydrogen) atoms. The first kappa shape index (κ1) is 25.2. The predicted molar refractivity (Wildman–Crippen MR) is 136 cm³/mol. The van der Waals surface area contributed by atoms with Crippen LogP contribution in [-0.2, 0) is 46.8 Å². The Kier molecular flexibility index (Phi) is 5.81. The van der Waals surface area contributed by atoms with Gasteiger partial charge in [-0.2, -0.15) is 23.4 Å². The average Bonchev–Trinajstić information content (AvgIpc) is 3.46. The second-order valence-corrected chi connectivity index (χ2v) is 10.5. The average molecular weight is 539 g/mol. The highest BCUT2D eigenvalue weighted by molar-refractivity contribution is 5.99. The minimum absolute atomic E-state index is 0.0470. The first-order chi connectivity index (χ1) is 18.5. The molecule has 2 aliphatic rings. The van der Waals surface area contributed by atoms with Crippen LogP contribution >= 0.6 is 0 Å². The highest BCUT2D eigenvalue weighted by atomic mass is 19.4. The molecule has 0 atom stereocenters. The second-order valence-electron chi connectivity index (χ2n) is 10.5. The third-order valence-corrected chi connectivity index (χ3v) is 7.62. The van der Waals surface area contributed by atoms with Gasteiger partial charge in [-0.25, -0.2) is 0 Å². The normalized spacial score (nSPS) is 15.7. The molecule has 3 aromatic heterocycles. The number of alkyl halides is 3. The minimum Gasteiger partial charge on any atom is -0.332 e. The van der Waals surface area contributed by atoms with Gasteiger partial charge in [0, 0.05) is 63.3 Å². The lowest BCUT2D eigenvalue weighted by Gasteiger charge is -2.30. The Morgan fingerprint density at radius 1 is 1.00 bits per heavy atom. The van der Waals surface area contributed by atoms with Gasteiger partial charge in [-0.05, 0) is 54.2 Å². The molecular formula is C27H29F3N8O. The van der Waals surface area contributed by atoms with Crippen LogP contribution in [0.4, 0.5) is 13.2 Å². The van der Waals surface area contributed by atoms with E-state index in [1.54, 1.807) is 45.6 Å². The van der Waals surface area contributed by atoms with Gasteiger partial charge >= 0.3 is 6.18 Å². The highest BCUT2D eigenvalue weighted by Gasteiger charge is 2.39. The van der Waals surface area contributed by atoms with Crippen LogP contribution in [0.3, 0.4) is 0 Å². The molecule has 1 fully saturated rings. The van der Waals surface area contributed by atoms with E-state index < -0.39 is 11.9 Å². The fraction of sp³-hybridized carbons (Fsp3) is 0.407. The molecular weight excluding hydrogens is 509 g/mol. The van der Waals surface area contributed by atoms with E-state index in [1.165, 1.54) is 13.2 Å². The number of hydrogen-bond acceptors (Lipinski definition) is 4. The lowest BCUT2D eigenvalue weighted by atomic mass is 9.88. The zero-order chi connectivity index (χ0) is 27.6. The molecule has 0 saturated heterocycles. The van der Waals surface area contributed by atoms with Crippen molar-refractivity contribution in [1.82, 2.24) is 33.6 Å². The Balaban J connectivity index is 1.43. The smallest absolute Gasteiger partial charge is 0.332 e. The second kappa shape index (κ2) is 8.99. The number of nitrogens with zero attached hydrogens (tertiary/aromatic N) is 7. The number of fused-ring (bicyclic) bond motifs is 1. The van der Waals surface area contributed by atoms with Crippen LogP contribution in [0, 0.1) is 5.41 Å². The van der Waals surface area contributed by atoms with Gasteiger partial charge in [-0.15, -0.1) is 0 Å². The van der Waals surface area contributed by atoms with Gasteiger partial charge in [-0.3, -0.25) is 19.6 Å². The first-order valence-electron chi connectivity index (χ1n) is 12.8. The number of amides is 1. The maximum absolute atomic E-state index is 14.0. The summed E-state index contributed by atoms with van der Waals surface area (Å²) in [5.74, 6) is 0.266. The molecule has 0 unspecified atom stereocenters. The summed E-state index contributed by atoms with van der Waals surface area (Å²) in [5.41, 5.74) is 3.16. The van der Waals surface area contributed by atoms with Crippen molar-refractivity contribution in [1.29, 1.82) is 5.41 Å². The van der Waals surface area contributed by atoms with Crippen LogP contribution in [0.2, 0.25) is 0 Å². The summed E-state index contributed by atoms with van der Waals surface area (Å²) >= 11 is 0. The first-order valence-corrected chi connectivity index (χ1v) is 12.8. The van der Waals surface area contributed by atoms with Gasteiger partial charge in [0.1, 0.15) is 0 Å². The van der Waals surface area contributed by atoms with Crippen molar-refractivity contribution in [2.24, 2.45) is 21.1 Å². The number of benzene rings is 1. The number of carbonyl (C=O) groups is 1. The highest BCUT2D eigenvalue weighted by Crippen LogP contribution is 2.41. The lowest BCUT2D eigenvalue weighted by Crippen LogP contribution is -2.38. The zero-order valence-corrected chi connectivity index (χ0v) is 22.0. The number of nitrogens with one attached hydrogen (secondary N) is 1. The number of hydrogen-bond donors (Lipinski definition) is 1. The minimum atomic E-state index is -4.65. The molecule has 0 radical (unpaired) electrons. The fourth-order valence-electron chi connectivity index (χ4n) is 5.39. The standard InChI is InChI=1S/C27H29F3N8O/c1-34-8-9-38(26(34)31)13-16-10-20(22-15-35(2)33-24(22)27(28,29)30)19-6-7-37(25(39)21(19)11-16)14-18-12-23(17-4-5-17)32-36(18)3/h8-12,15,17,31H,4-7,13-14H2,1-3H3. The van der Waals surface area contributed by atoms with Crippen LogP contribution in [0.5, 0.6) is 0 Å². The summed E-state index contributed by atoms with van der Waals surface area (Å²) in [6.07, 6.45) is 2.86. The number of halogens is 3. The Hall–Kier alpha value is -4.09. The molecule has 1 N–H and O–H groups in total. The molecule has 1 aliphatic carbocycles. The predicted octanol–water partition coefficient (Wildman–Crippen LogP) is 3.58. The van der Waals surface area contributed by atoms with Gasteiger partial charge < -0.3 is 14.0 Å². The third kappa shape index (κ3) is 4.57. The van der Waals surface area contributed by atoms with E-state index in [-0.39, 0.29) is 23.6 Å². The Morgan fingerprint density at radius 3 is 2.41 bits per heavy atom. The molecule has 9 nitrogen and oxygen atoms in total. The quantitative estimate of drug-likeness (QED) is 0.407. The van der Waals surface area contributed by atoms with E-state index in [0.29, 0.717) is 47.7 Å². The van der Waals surface area contributed by atoms with Crippen LogP contribution in [0.1, 0.15) is 57.3 Å². The molecule has 204 valence electrons. The van der Waals surface area contributed by atoms with Crippen molar-refractivity contribution in [3.05, 3.63) is 76.2 Å². The molecule has 6 rings (SSSR count). The van der Waals surface area contributed by atoms with Crippen LogP contribution in [0.25, 0.3) is 11.1 Å². The van der Waals surface area contributed by atoms with Crippen molar-refractivity contribution in [3.63, 3.8) is 0 Å². The zero-order valence-electron chi connectivity index (χ0n) is 22.0. The molecule has 1 aromatic carbocycles. The van der Waals surface area contributed by atoms with E-state index >= 15 is 0 Å². The van der Waals surface area contributed by atoms with Crippen molar-refractivity contribution in [2.45, 2.75) is 44.4 Å². The van der Waals surface area contributed by atoms with Gasteiger partial charge in [0.15, 0.2) is 5.69 Å². The van der Waals surface area contributed by atoms with Crippen LogP contribution in [-0.4, -0.2) is 46.0 Å². The van der Waals surface area contributed by atoms with E-state index in [1.807, 2.05) is 11.7 Å². The molecule has 0 bridgehead atoms. The van der Waals surface area contributed by atoms with E-state index in [0.717, 1.165) is 28.9 Å². The van der Waals surface area contributed by atoms with Gasteiger partial charge in [0.2, 0.25) is 5.62 Å². The van der Waals surface area contributed by atoms with Crippen molar-refractivity contribution in [2.75, 3.05) is 6.54 Å².